The summed E-state index contributed by atoms with van der Waals surface area (Å²) in [7, 11) is 1.98. The Morgan fingerprint density at radius 3 is 2.85 bits per heavy atom. The van der Waals surface area contributed by atoms with Crippen LogP contribution in [0.3, 0.4) is 0 Å². The van der Waals surface area contributed by atoms with E-state index < -0.39 is 0 Å². The maximum Gasteiger partial charge on any atom is 0.208 e. The molecule has 0 fully saturated rings. The zero-order chi connectivity index (χ0) is 9.68. The van der Waals surface area contributed by atoms with Crippen molar-refractivity contribution in [2.75, 3.05) is 12.8 Å². The van der Waals surface area contributed by atoms with E-state index in [9.17, 15) is 0 Å². The highest BCUT2D eigenvalue weighted by Gasteiger charge is 2.06. The summed E-state index contributed by atoms with van der Waals surface area (Å²) in [6.07, 6.45) is 1.13. The van der Waals surface area contributed by atoms with E-state index in [1.807, 2.05) is 14.0 Å². The lowest BCUT2D eigenvalue weighted by Crippen LogP contribution is -2.26. The van der Waals surface area contributed by atoms with Gasteiger partial charge in [0.05, 0.1) is 0 Å². The highest BCUT2D eigenvalue weighted by molar-refractivity contribution is 7.99. The Bertz CT molecular complexity index is 244. The fourth-order valence-corrected chi connectivity index (χ4v) is 2.03. The second kappa shape index (κ2) is 5.24. The number of aryl methyl sites for hydroxylation is 1. The van der Waals surface area contributed by atoms with Crippen molar-refractivity contribution in [3.05, 3.63) is 5.82 Å². The van der Waals surface area contributed by atoms with Crippen molar-refractivity contribution in [1.29, 1.82) is 0 Å². The number of hydrogen-bond acceptors (Lipinski definition) is 4. The number of nitrogens with one attached hydrogen (secondary N) is 2. The van der Waals surface area contributed by atoms with Gasteiger partial charge in [-0.25, -0.2) is 4.98 Å². The first-order valence-electron chi connectivity index (χ1n) is 4.45. The molecule has 0 saturated carbocycles. The summed E-state index contributed by atoms with van der Waals surface area (Å²) < 4.78 is 0. The number of H-pyrrole nitrogens is 1. The van der Waals surface area contributed by atoms with E-state index in [0.29, 0.717) is 6.04 Å². The lowest BCUT2D eigenvalue weighted by Gasteiger charge is -2.10. The van der Waals surface area contributed by atoms with Gasteiger partial charge in [0, 0.05) is 11.8 Å². The SMILES string of the molecule is CCC(CSc1n[nH]c(C)n1)NC. The van der Waals surface area contributed by atoms with Gasteiger partial charge in [-0.15, -0.1) is 5.10 Å². The van der Waals surface area contributed by atoms with Gasteiger partial charge in [0.1, 0.15) is 5.82 Å². The van der Waals surface area contributed by atoms with Crippen LogP contribution < -0.4 is 5.32 Å². The molecule has 0 saturated heterocycles. The van der Waals surface area contributed by atoms with Crippen LogP contribution in [0.4, 0.5) is 0 Å². The van der Waals surface area contributed by atoms with Crippen LogP contribution in [0.5, 0.6) is 0 Å². The second-order valence-corrected chi connectivity index (χ2v) is 3.90. The zero-order valence-electron chi connectivity index (χ0n) is 8.29. The minimum absolute atomic E-state index is 0.545. The van der Waals surface area contributed by atoms with E-state index in [0.717, 1.165) is 23.2 Å². The third-order valence-electron chi connectivity index (χ3n) is 1.89. The molecule has 1 rings (SSSR count). The predicted molar refractivity (Wildman–Crippen MR) is 55.0 cm³/mol. The Kier molecular flexibility index (Phi) is 4.24. The Hall–Kier alpha value is -0.550. The van der Waals surface area contributed by atoms with Crippen LogP contribution in [0.15, 0.2) is 5.16 Å². The van der Waals surface area contributed by atoms with Gasteiger partial charge in [-0.05, 0) is 20.4 Å². The van der Waals surface area contributed by atoms with Crippen LogP contribution >= 0.6 is 11.8 Å². The van der Waals surface area contributed by atoms with Gasteiger partial charge in [-0.1, -0.05) is 18.7 Å². The van der Waals surface area contributed by atoms with Gasteiger partial charge in [0.25, 0.3) is 0 Å². The average Bonchev–Trinajstić information content (AvgIpc) is 2.53. The standard InChI is InChI=1S/C8H16N4S/c1-4-7(9-3)5-13-8-10-6(2)11-12-8/h7,9H,4-5H2,1-3H3,(H,10,11,12). The van der Waals surface area contributed by atoms with Gasteiger partial charge < -0.3 is 5.32 Å². The highest BCUT2D eigenvalue weighted by atomic mass is 32.2. The van der Waals surface area contributed by atoms with Crippen LogP contribution in [0, 0.1) is 6.92 Å². The third kappa shape index (κ3) is 3.36. The maximum absolute atomic E-state index is 4.22. The average molecular weight is 200 g/mol. The smallest absolute Gasteiger partial charge is 0.208 e. The number of aromatic nitrogens is 3. The van der Waals surface area contributed by atoms with E-state index in [4.69, 9.17) is 0 Å². The number of rotatable bonds is 5. The second-order valence-electron chi connectivity index (χ2n) is 2.91. The van der Waals surface area contributed by atoms with E-state index >= 15 is 0 Å². The van der Waals surface area contributed by atoms with Crippen LogP contribution in [0.1, 0.15) is 19.2 Å². The van der Waals surface area contributed by atoms with Gasteiger partial charge in [-0.3, -0.25) is 5.10 Å². The fourth-order valence-electron chi connectivity index (χ4n) is 0.967. The Morgan fingerprint density at radius 2 is 2.38 bits per heavy atom. The molecule has 4 nitrogen and oxygen atoms in total. The molecule has 5 heteroatoms. The molecule has 13 heavy (non-hydrogen) atoms. The van der Waals surface area contributed by atoms with Gasteiger partial charge in [0.2, 0.25) is 5.16 Å². The topological polar surface area (TPSA) is 53.6 Å². The summed E-state index contributed by atoms with van der Waals surface area (Å²) in [4.78, 5) is 4.22. The molecule has 0 bridgehead atoms. The van der Waals surface area contributed by atoms with Crippen LogP contribution in [0.2, 0.25) is 0 Å². The lowest BCUT2D eigenvalue weighted by atomic mass is 10.3. The summed E-state index contributed by atoms with van der Waals surface area (Å²) >= 11 is 1.68. The first-order chi connectivity index (χ1) is 6.26. The van der Waals surface area contributed by atoms with E-state index in [1.165, 1.54) is 0 Å². The molecule has 1 heterocycles. The summed E-state index contributed by atoms with van der Waals surface area (Å²) in [5.41, 5.74) is 0. The van der Waals surface area contributed by atoms with Crippen molar-refractivity contribution < 1.29 is 0 Å². The molecule has 0 aliphatic heterocycles. The first kappa shape index (κ1) is 10.5. The van der Waals surface area contributed by atoms with Gasteiger partial charge in [0.15, 0.2) is 0 Å². The molecule has 0 amide bonds. The van der Waals surface area contributed by atoms with E-state index in [2.05, 4.69) is 27.4 Å². The fraction of sp³-hybridized carbons (Fsp3) is 0.750. The molecular formula is C8H16N4S. The van der Waals surface area contributed by atoms with Gasteiger partial charge >= 0.3 is 0 Å². The van der Waals surface area contributed by atoms with Crippen molar-refractivity contribution in [3.8, 4) is 0 Å². The largest absolute Gasteiger partial charge is 0.316 e. The summed E-state index contributed by atoms with van der Waals surface area (Å²) in [6, 6.07) is 0.545. The molecule has 0 aromatic carbocycles. The number of aromatic amines is 1. The molecule has 0 aliphatic carbocycles. The monoisotopic (exact) mass is 200 g/mol. The molecule has 0 spiro atoms. The van der Waals surface area contributed by atoms with E-state index in [1.54, 1.807) is 11.8 Å². The van der Waals surface area contributed by atoms with E-state index in [-0.39, 0.29) is 0 Å². The van der Waals surface area contributed by atoms with Crippen molar-refractivity contribution in [2.45, 2.75) is 31.5 Å². The Balaban J connectivity index is 2.33. The van der Waals surface area contributed by atoms with Crippen LogP contribution in [-0.2, 0) is 0 Å². The first-order valence-corrected chi connectivity index (χ1v) is 5.44. The van der Waals surface area contributed by atoms with Crippen LogP contribution in [0.25, 0.3) is 0 Å². The molecule has 74 valence electrons. The lowest BCUT2D eigenvalue weighted by molar-refractivity contribution is 0.601. The molecule has 1 atom stereocenters. The van der Waals surface area contributed by atoms with Gasteiger partial charge in [-0.2, -0.15) is 0 Å². The Morgan fingerprint density at radius 1 is 1.62 bits per heavy atom. The number of hydrogen-bond donors (Lipinski definition) is 2. The number of nitrogens with zero attached hydrogens (tertiary/aromatic N) is 2. The predicted octanol–water partition coefficient (Wildman–Crippen LogP) is 1.20. The summed E-state index contributed by atoms with van der Waals surface area (Å²) in [5.74, 6) is 1.89. The van der Waals surface area contributed by atoms with Crippen molar-refractivity contribution in [3.63, 3.8) is 0 Å². The minimum atomic E-state index is 0.545. The third-order valence-corrected chi connectivity index (χ3v) is 2.90. The molecule has 2 N–H and O–H groups in total. The highest BCUT2D eigenvalue weighted by Crippen LogP contribution is 2.13. The molecular weight excluding hydrogens is 184 g/mol. The van der Waals surface area contributed by atoms with Crippen LogP contribution in [-0.4, -0.2) is 34.0 Å². The van der Waals surface area contributed by atoms with Crippen molar-refractivity contribution in [1.82, 2.24) is 20.5 Å². The maximum atomic E-state index is 4.22. The minimum Gasteiger partial charge on any atom is -0.316 e. The summed E-state index contributed by atoms with van der Waals surface area (Å²) in [6.45, 7) is 4.08. The van der Waals surface area contributed by atoms with Crippen molar-refractivity contribution in [2.24, 2.45) is 0 Å². The molecule has 1 unspecified atom stereocenters. The molecule has 1 aromatic rings. The molecule has 1 aromatic heterocycles. The zero-order valence-corrected chi connectivity index (χ0v) is 9.11. The molecule has 0 radical (unpaired) electrons. The van der Waals surface area contributed by atoms with Crippen molar-refractivity contribution >= 4 is 11.8 Å². The normalized spacial score (nSPS) is 13.2. The number of thioether (sulfide) groups is 1. The quantitative estimate of drug-likeness (QED) is 0.701. The Labute approximate surface area is 82.9 Å². The summed E-state index contributed by atoms with van der Waals surface area (Å²) in [5, 5.41) is 11.0. The molecule has 0 aliphatic rings.